The predicted octanol–water partition coefficient (Wildman–Crippen LogP) is 5.51. The number of allylic oxidation sites excluding steroid dienone is 12. The average molecular weight is 517 g/mol. The molecule has 1 fully saturated rings. The van der Waals surface area contributed by atoms with Gasteiger partial charge in [0, 0.05) is 0 Å². The van der Waals surface area contributed by atoms with Crippen LogP contribution in [0.15, 0.2) is 63.8 Å². The van der Waals surface area contributed by atoms with Crippen molar-refractivity contribution >= 4 is 10.2 Å². The molecule has 0 spiro atoms. The SMILES string of the molecule is CC1=C(C)C(C)C(C2=C3CCCCC3=[C]([Zr])C2[SiH3])=C1C.[Zr][C]1=CC=CC1. The molecule has 26 heavy (non-hydrogen) atoms. The number of hydrogen-bond acceptors (Lipinski definition) is 0. The van der Waals surface area contributed by atoms with Gasteiger partial charge in [0.15, 0.2) is 0 Å². The van der Waals surface area contributed by atoms with Crippen molar-refractivity contribution in [3.63, 3.8) is 0 Å². The van der Waals surface area contributed by atoms with Gasteiger partial charge in [-0.15, -0.1) is 0 Å². The third-order valence-electron chi connectivity index (χ3n) is 6.69. The zero-order chi connectivity index (χ0) is 19.0. The normalized spacial score (nSPS) is 28.0. The third-order valence-corrected chi connectivity index (χ3v) is 12.0. The van der Waals surface area contributed by atoms with Gasteiger partial charge in [0.1, 0.15) is 0 Å². The van der Waals surface area contributed by atoms with Crippen molar-refractivity contribution < 1.29 is 49.4 Å². The topological polar surface area (TPSA) is 0 Å². The summed E-state index contributed by atoms with van der Waals surface area (Å²) in [5, 5.41) is 0. The van der Waals surface area contributed by atoms with Crippen LogP contribution in [-0.4, -0.2) is 10.2 Å². The van der Waals surface area contributed by atoms with Gasteiger partial charge in [-0.3, -0.25) is 0 Å². The first kappa shape index (κ1) is 21.1. The molecule has 2 unspecified atom stereocenters. The maximum absolute atomic E-state index is 2.43. The molecule has 0 heterocycles. The van der Waals surface area contributed by atoms with Crippen molar-refractivity contribution in [3.05, 3.63) is 63.8 Å². The summed E-state index contributed by atoms with van der Waals surface area (Å²) < 4.78 is 3.37. The Balaban J connectivity index is 0.000000278. The van der Waals surface area contributed by atoms with Gasteiger partial charge in [-0.1, -0.05) is 0 Å². The Kier molecular flexibility index (Phi) is 7.19. The second-order valence-corrected chi connectivity index (χ2v) is 12.2. The quantitative estimate of drug-likeness (QED) is 0.403. The van der Waals surface area contributed by atoms with Gasteiger partial charge in [-0.2, -0.15) is 0 Å². The van der Waals surface area contributed by atoms with Gasteiger partial charge in [0.2, 0.25) is 0 Å². The Bertz CT molecular complexity index is 799. The Hall–Kier alpha value is 0.423. The second-order valence-electron chi connectivity index (χ2n) is 8.11. The van der Waals surface area contributed by atoms with Gasteiger partial charge in [-0.25, -0.2) is 0 Å². The third kappa shape index (κ3) is 3.93. The van der Waals surface area contributed by atoms with E-state index in [-0.39, 0.29) is 0 Å². The molecule has 0 bridgehead atoms. The average Bonchev–Trinajstić information content (AvgIpc) is 3.26. The summed E-state index contributed by atoms with van der Waals surface area (Å²) in [6.45, 7) is 9.45. The van der Waals surface area contributed by atoms with E-state index < -0.39 is 0 Å². The van der Waals surface area contributed by atoms with E-state index in [1.165, 1.54) is 42.3 Å². The molecule has 4 aliphatic carbocycles. The van der Waals surface area contributed by atoms with Gasteiger partial charge >= 0.3 is 195 Å². The van der Waals surface area contributed by atoms with E-state index in [1.807, 2.05) is 3.28 Å². The van der Waals surface area contributed by atoms with Crippen LogP contribution in [0.5, 0.6) is 0 Å². The summed E-state index contributed by atoms with van der Waals surface area (Å²) in [6, 6.07) is 0. The van der Waals surface area contributed by atoms with E-state index in [2.05, 4.69) is 45.9 Å². The van der Waals surface area contributed by atoms with E-state index in [1.54, 1.807) is 91.7 Å². The van der Waals surface area contributed by atoms with Crippen LogP contribution in [0.25, 0.3) is 0 Å². The molecule has 0 radical (unpaired) electrons. The molecular weight excluding hydrogens is 487 g/mol. The number of rotatable bonds is 1. The fourth-order valence-corrected chi connectivity index (χ4v) is 7.38. The standard InChI is InChI=1S/C18H25Si.C5H5.2Zr/c1-10-11(2)13(4)17(12(10)3)18-15-8-6-5-7-14(15)9-16(18)19;1-2-4-5-3-1;;/h12,16H,5-8H2,1-4,19H3;1-3H,4H2;;. The molecule has 0 N–H and O–H groups in total. The van der Waals surface area contributed by atoms with E-state index in [0.717, 1.165) is 5.54 Å². The van der Waals surface area contributed by atoms with Gasteiger partial charge in [-0.05, 0) is 0 Å². The van der Waals surface area contributed by atoms with Crippen LogP contribution >= 0.6 is 0 Å². The molecule has 0 saturated heterocycles. The Morgan fingerprint density at radius 1 is 0.962 bits per heavy atom. The van der Waals surface area contributed by atoms with Gasteiger partial charge in [0.05, 0.1) is 0 Å². The summed E-state index contributed by atoms with van der Waals surface area (Å²) >= 11 is 3.24. The molecule has 2 atom stereocenters. The summed E-state index contributed by atoms with van der Waals surface area (Å²) in [5.74, 6) is 0.652. The van der Waals surface area contributed by atoms with Crippen molar-refractivity contribution in [1.82, 2.24) is 0 Å². The second kappa shape index (κ2) is 8.84. The van der Waals surface area contributed by atoms with Gasteiger partial charge < -0.3 is 0 Å². The molecule has 0 aromatic heterocycles. The molecule has 4 rings (SSSR count). The first-order chi connectivity index (χ1) is 12.3. The Morgan fingerprint density at radius 3 is 2.08 bits per heavy atom. The van der Waals surface area contributed by atoms with Crippen LogP contribution < -0.4 is 0 Å². The van der Waals surface area contributed by atoms with Crippen molar-refractivity contribution in [3.8, 4) is 0 Å². The fraction of sp³-hybridized carbons (Fsp3) is 0.478. The molecule has 134 valence electrons. The summed E-state index contributed by atoms with van der Waals surface area (Å²) in [4.78, 5) is 0. The molecule has 1 saturated carbocycles. The molecule has 3 heteroatoms. The Labute approximate surface area is 193 Å². The van der Waals surface area contributed by atoms with Crippen molar-refractivity contribution in [2.45, 2.75) is 65.3 Å². The summed E-state index contributed by atoms with van der Waals surface area (Å²) in [5.41, 5.74) is 12.7. The number of hydrogen-bond donors (Lipinski definition) is 0. The Morgan fingerprint density at radius 2 is 1.62 bits per heavy atom. The fourth-order valence-electron chi connectivity index (χ4n) is 4.81. The van der Waals surface area contributed by atoms with Crippen LogP contribution in [0.2, 0.25) is 5.54 Å². The molecular formula is C23H30SiZr2. The van der Waals surface area contributed by atoms with E-state index in [9.17, 15) is 0 Å². The molecule has 0 nitrogen and oxygen atoms in total. The maximum atomic E-state index is 2.43. The monoisotopic (exact) mass is 514 g/mol. The molecule has 0 aliphatic heterocycles. The van der Waals surface area contributed by atoms with Crippen molar-refractivity contribution in [2.24, 2.45) is 5.92 Å². The van der Waals surface area contributed by atoms with Crippen LogP contribution in [-0.2, 0) is 49.4 Å². The molecule has 0 aromatic carbocycles. The zero-order valence-corrected chi connectivity index (χ0v) is 23.8. The first-order valence-electron chi connectivity index (χ1n) is 9.98. The summed E-state index contributed by atoms with van der Waals surface area (Å²) in [7, 11) is 1.29. The van der Waals surface area contributed by atoms with Crippen LogP contribution in [0.1, 0.15) is 59.8 Å². The molecule has 0 aromatic rings. The van der Waals surface area contributed by atoms with Crippen LogP contribution in [0.3, 0.4) is 0 Å². The first-order valence-corrected chi connectivity index (χ1v) is 13.6. The van der Waals surface area contributed by atoms with Crippen LogP contribution in [0, 0.1) is 5.92 Å². The minimum atomic E-state index is 0.652. The van der Waals surface area contributed by atoms with Crippen LogP contribution in [0.4, 0.5) is 0 Å². The van der Waals surface area contributed by atoms with E-state index >= 15 is 0 Å². The predicted molar refractivity (Wildman–Crippen MR) is 108 cm³/mol. The van der Waals surface area contributed by atoms with Crippen molar-refractivity contribution in [2.75, 3.05) is 0 Å². The molecule has 4 aliphatic rings. The molecule has 0 amide bonds. The summed E-state index contributed by atoms with van der Waals surface area (Å²) in [6.07, 6.45) is 13.2. The van der Waals surface area contributed by atoms with E-state index in [0.29, 0.717) is 5.92 Å². The van der Waals surface area contributed by atoms with Crippen molar-refractivity contribution in [1.29, 1.82) is 0 Å². The van der Waals surface area contributed by atoms with E-state index in [4.69, 9.17) is 0 Å². The minimum absolute atomic E-state index is 0.652. The van der Waals surface area contributed by atoms with Gasteiger partial charge in [0.25, 0.3) is 0 Å². The number of fused-ring (bicyclic) bond motifs is 1. The zero-order valence-electron chi connectivity index (χ0n) is 16.9.